The molecule has 0 unspecified atom stereocenters. The summed E-state index contributed by atoms with van der Waals surface area (Å²) in [6.07, 6.45) is 1.84. The van der Waals surface area contributed by atoms with Gasteiger partial charge in [0.15, 0.2) is 0 Å². The molecule has 4 heteroatoms. The first-order valence-electron chi connectivity index (χ1n) is 6.19. The number of likely N-dealkylation sites (tertiary alicyclic amines) is 1. The van der Waals surface area contributed by atoms with Crippen LogP contribution >= 0.6 is 0 Å². The molecule has 1 aliphatic rings. The van der Waals surface area contributed by atoms with Crippen LogP contribution in [0.5, 0.6) is 0 Å². The van der Waals surface area contributed by atoms with Crippen LogP contribution in [0.4, 0.5) is 4.39 Å². The summed E-state index contributed by atoms with van der Waals surface area (Å²) in [7, 11) is 0. The van der Waals surface area contributed by atoms with E-state index in [-0.39, 0.29) is 17.5 Å². The third kappa shape index (κ3) is 3.39. The topological polar surface area (TPSA) is 37.4 Å². The highest BCUT2D eigenvalue weighted by Gasteiger charge is 2.20. The lowest BCUT2D eigenvalue weighted by atomic mass is 10.1. The van der Waals surface area contributed by atoms with Crippen molar-refractivity contribution in [3.8, 4) is 0 Å². The van der Waals surface area contributed by atoms with E-state index in [1.807, 2.05) is 6.07 Å². The number of benzene rings is 1. The Kier molecular flexibility index (Phi) is 4.07. The molecule has 0 atom stereocenters. The largest absolute Gasteiger partial charge is 0.342 e. The second-order valence-corrected chi connectivity index (χ2v) is 4.55. The van der Waals surface area contributed by atoms with Crippen molar-refractivity contribution in [1.29, 1.82) is 0 Å². The molecule has 1 fully saturated rings. The fourth-order valence-electron chi connectivity index (χ4n) is 2.11. The molecule has 3 nitrogen and oxygen atoms in total. The van der Waals surface area contributed by atoms with Crippen molar-refractivity contribution < 1.29 is 14.0 Å². The van der Waals surface area contributed by atoms with E-state index in [1.165, 1.54) is 12.1 Å². The molecule has 0 saturated carbocycles. The number of Topliss-reactive ketones (excluding diaryl/α,β-unsaturated/α-hetero) is 1. The van der Waals surface area contributed by atoms with E-state index in [0.29, 0.717) is 38.8 Å². The first kappa shape index (κ1) is 12.7. The Morgan fingerprint density at radius 3 is 2.67 bits per heavy atom. The second kappa shape index (κ2) is 5.76. The molecule has 18 heavy (non-hydrogen) atoms. The van der Waals surface area contributed by atoms with Gasteiger partial charge in [-0.2, -0.15) is 0 Å². The van der Waals surface area contributed by atoms with Gasteiger partial charge in [0.2, 0.25) is 5.91 Å². The van der Waals surface area contributed by atoms with Gasteiger partial charge < -0.3 is 4.90 Å². The van der Waals surface area contributed by atoms with Crippen LogP contribution < -0.4 is 0 Å². The van der Waals surface area contributed by atoms with Crippen LogP contribution in [0, 0.1) is 5.82 Å². The molecule has 0 bridgehead atoms. The number of halogens is 1. The molecule has 0 aromatic heterocycles. The maximum atomic E-state index is 13.0. The number of ketones is 1. The Morgan fingerprint density at radius 2 is 2.00 bits per heavy atom. The highest BCUT2D eigenvalue weighted by Crippen LogP contribution is 2.11. The smallest absolute Gasteiger partial charge is 0.222 e. The van der Waals surface area contributed by atoms with Gasteiger partial charge in [0.25, 0.3) is 0 Å². The summed E-state index contributed by atoms with van der Waals surface area (Å²) in [5.74, 6) is -0.000500. The monoisotopic (exact) mass is 249 g/mol. The van der Waals surface area contributed by atoms with Gasteiger partial charge in [0.05, 0.1) is 0 Å². The van der Waals surface area contributed by atoms with Crippen molar-refractivity contribution in [2.24, 2.45) is 0 Å². The van der Waals surface area contributed by atoms with E-state index in [1.54, 1.807) is 11.0 Å². The van der Waals surface area contributed by atoms with Gasteiger partial charge in [0, 0.05) is 32.4 Å². The number of amides is 1. The summed E-state index contributed by atoms with van der Waals surface area (Å²) in [4.78, 5) is 24.7. The molecule has 1 aromatic rings. The molecule has 0 spiro atoms. The molecule has 96 valence electrons. The standard InChI is InChI=1S/C14H16FNO2/c15-12-3-1-2-11(10-12)4-5-14(18)16-8-6-13(17)7-9-16/h1-3,10H,4-9H2. The average Bonchev–Trinajstić information content (AvgIpc) is 2.37. The Labute approximate surface area is 106 Å². The number of carbonyl (C=O) groups is 2. The van der Waals surface area contributed by atoms with E-state index < -0.39 is 0 Å². The summed E-state index contributed by atoms with van der Waals surface area (Å²) in [5.41, 5.74) is 0.830. The molecule has 1 aromatic carbocycles. The van der Waals surface area contributed by atoms with Crippen molar-refractivity contribution in [1.82, 2.24) is 4.90 Å². The summed E-state index contributed by atoms with van der Waals surface area (Å²) >= 11 is 0. The number of carbonyl (C=O) groups excluding carboxylic acids is 2. The Bertz CT molecular complexity index is 449. The van der Waals surface area contributed by atoms with Crippen molar-refractivity contribution in [3.63, 3.8) is 0 Å². The number of piperidine rings is 1. The second-order valence-electron chi connectivity index (χ2n) is 4.55. The van der Waals surface area contributed by atoms with Gasteiger partial charge in [-0.15, -0.1) is 0 Å². The lowest BCUT2D eigenvalue weighted by Gasteiger charge is -2.26. The van der Waals surface area contributed by atoms with Crippen LogP contribution in [0.3, 0.4) is 0 Å². The first-order valence-corrected chi connectivity index (χ1v) is 6.19. The maximum Gasteiger partial charge on any atom is 0.222 e. The molecule has 1 heterocycles. The van der Waals surface area contributed by atoms with Gasteiger partial charge in [-0.25, -0.2) is 4.39 Å². The molecular weight excluding hydrogens is 233 g/mol. The highest BCUT2D eigenvalue weighted by molar-refractivity contribution is 5.83. The zero-order valence-electron chi connectivity index (χ0n) is 10.2. The predicted molar refractivity (Wildman–Crippen MR) is 65.5 cm³/mol. The predicted octanol–water partition coefficient (Wildman–Crippen LogP) is 1.95. The van der Waals surface area contributed by atoms with E-state index >= 15 is 0 Å². The molecule has 0 aliphatic carbocycles. The third-order valence-electron chi connectivity index (χ3n) is 3.19. The van der Waals surface area contributed by atoms with Crippen molar-refractivity contribution in [2.75, 3.05) is 13.1 Å². The van der Waals surface area contributed by atoms with Gasteiger partial charge in [-0.05, 0) is 24.1 Å². The Hall–Kier alpha value is -1.71. The first-order chi connectivity index (χ1) is 8.65. The third-order valence-corrected chi connectivity index (χ3v) is 3.19. The van der Waals surface area contributed by atoms with E-state index in [4.69, 9.17) is 0 Å². The number of aryl methyl sites for hydroxylation is 1. The molecule has 0 radical (unpaired) electrons. The van der Waals surface area contributed by atoms with Crippen LogP contribution in [-0.2, 0) is 16.0 Å². The minimum atomic E-state index is -0.275. The SMILES string of the molecule is O=C1CCN(C(=O)CCc2cccc(F)c2)CC1. The normalized spacial score (nSPS) is 15.8. The number of rotatable bonds is 3. The summed E-state index contributed by atoms with van der Waals surface area (Å²) in [6, 6.07) is 6.30. The molecule has 1 amide bonds. The fraction of sp³-hybridized carbons (Fsp3) is 0.429. The highest BCUT2D eigenvalue weighted by atomic mass is 19.1. The van der Waals surface area contributed by atoms with Crippen molar-refractivity contribution >= 4 is 11.7 Å². The van der Waals surface area contributed by atoms with Crippen molar-refractivity contribution in [3.05, 3.63) is 35.6 Å². The Balaban J connectivity index is 1.83. The minimum absolute atomic E-state index is 0.0479. The molecule has 2 rings (SSSR count). The quantitative estimate of drug-likeness (QED) is 0.821. The van der Waals surface area contributed by atoms with Crippen LogP contribution in [0.15, 0.2) is 24.3 Å². The molecule has 1 aliphatic heterocycles. The fourth-order valence-corrected chi connectivity index (χ4v) is 2.11. The van der Waals surface area contributed by atoms with Crippen LogP contribution in [0.1, 0.15) is 24.8 Å². The summed E-state index contributed by atoms with van der Waals surface area (Å²) < 4.78 is 13.0. The average molecular weight is 249 g/mol. The van der Waals surface area contributed by atoms with Gasteiger partial charge in [0.1, 0.15) is 11.6 Å². The zero-order chi connectivity index (χ0) is 13.0. The van der Waals surface area contributed by atoms with Crippen molar-refractivity contribution in [2.45, 2.75) is 25.7 Å². The van der Waals surface area contributed by atoms with Gasteiger partial charge in [-0.1, -0.05) is 12.1 Å². The number of hydrogen-bond donors (Lipinski definition) is 0. The summed E-state index contributed by atoms with van der Waals surface area (Å²) in [5, 5.41) is 0. The van der Waals surface area contributed by atoms with Crippen LogP contribution in [0.25, 0.3) is 0 Å². The maximum absolute atomic E-state index is 13.0. The van der Waals surface area contributed by atoms with E-state index in [2.05, 4.69) is 0 Å². The van der Waals surface area contributed by atoms with Gasteiger partial charge in [-0.3, -0.25) is 9.59 Å². The van der Waals surface area contributed by atoms with Gasteiger partial charge >= 0.3 is 0 Å². The molecule has 1 saturated heterocycles. The van der Waals surface area contributed by atoms with E-state index in [0.717, 1.165) is 5.56 Å². The van der Waals surface area contributed by atoms with Crippen LogP contribution in [-0.4, -0.2) is 29.7 Å². The lowest BCUT2D eigenvalue weighted by molar-refractivity contribution is -0.134. The number of nitrogens with zero attached hydrogens (tertiary/aromatic N) is 1. The Morgan fingerprint density at radius 1 is 1.28 bits per heavy atom. The molecular formula is C14H16FNO2. The number of hydrogen-bond acceptors (Lipinski definition) is 2. The summed E-state index contributed by atoms with van der Waals surface area (Å²) in [6.45, 7) is 1.06. The lowest BCUT2D eigenvalue weighted by Crippen LogP contribution is -2.38. The molecule has 0 N–H and O–H groups in total. The van der Waals surface area contributed by atoms with Crippen LogP contribution in [0.2, 0.25) is 0 Å². The van der Waals surface area contributed by atoms with E-state index in [9.17, 15) is 14.0 Å². The zero-order valence-corrected chi connectivity index (χ0v) is 10.2. The minimum Gasteiger partial charge on any atom is -0.342 e.